The highest BCUT2D eigenvalue weighted by molar-refractivity contribution is 9.10. The maximum Gasteiger partial charge on any atom is 0.278 e. The molecule has 72 valence electrons. The van der Waals surface area contributed by atoms with E-state index in [1.165, 1.54) is 11.3 Å². The third-order valence-corrected chi connectivity index (χ3v) is 2.61. The standard InChI is InChI=1S/C9H7BrN2OS/c10-6-3-7(11)5-8(4-6)13-9-12-1-2-14-9/h1-5H,11H2. The van der Waals surface area contributed by atoms with Gasteiger partial charge in [0.1, 0.15) is 5.75 Å². The molecule has 1 aromatic carbocycles. The number of anilines is 1. The topological polar surface area (TPSA) is 48.1 Å². The van der Waals surface area contributed by atoms with Crippen LogP contribution in [-0.4, -0.2) is 4.98 Å². The molecule has 0 aliphatic heterocycles. The molecule has 0 spiro atoms. The summed E-state index contributed by atoms with van der Waals surface area (Å²) in [7, 11) is 0. The van der Waals surface area contributed by atoms with Crippen molar-refractivity contribution in [2.75, 3.05) is 5.73 Å². The van der Waals surface area contributed by atoms with Crippen LogP contribution in [0.4, 0.5) is 5.69 Å². The van der Waals surface area contributed by atoms with Gasteiger partial charge in [-0.25, -0.2) is 4.98 Å². The SMILES string of the molecule is Nc1cc(Br)cc(Oc2nccs2)c1. The lowest BCUT2D eigenvalue weighted by atomic mass is 10.3. The molecule has 14 heavy (non-hydrogen) atoms. The van der Waals surface area contributed by atoms with E-state index in [1.807, 2.05) is 17.5 Å². The third-order valence-electron chi connectivity index (χ3n) is 1.51. The average Bonchev–Trinajstić information content (AvgIpc) is 2.54. The second-order valence-corrected chi connectivity index (χ2v) is 4.39. The monoisotopic (exact) mass is 270 g/mol. The number of hydrogen-bond acceptors (Lipinski definition) is 4. The summed E-state index contributed by atoms with van der Waals surface area (Å²) in [5, 5.41) is 2.47. The molecule has 2 N–H and O–H groups in total. The number of aromatic nitrogens is 1. The first kappa shape index (κ1) is 9.48. The molecule has 0 saturated heterocycles. The molecule has 2 rings (SSSR count). The minimum absolute atomic E-state index is 0.613. The summed E-state index contributed by atoms with van der Waals surface area (Å²) in [6, 6.07) is 5.42. The van der Waals surface area contributed by atoms with E-state index in [1.54, 1.807) is 12.3 Å². The van der Waals surface area contributed by atoms with Gasteiger partial charge in [0.15, 0.2) is 0 Å². The number of nitrogen functional groups attached to an aromatic ring is 1. The van der Waals surface area contributed by atoms with E-state index in [4.69, 9.17) is 10.5 Å². The van der Waals surface area contributed by atoms with Crippen molar-refractivity contribution in [1.29, 1.82) is 0 Å². The lowest BCUT2D eigenvalue weighted by Gasteiger charge is -2.03. The maximum absolute atomic E-state index is 5.66. The van der Waals surface area contributed by atoms with Gasteiger partial charge in [0.25, 0.3) is 5.19 Å². The van der Waals surface area contributed by atoms with Gasteiger partial charge in [-0.1, -0.05) is 27.3 Å². The first-order valence-corrected chi connectivity index (χ1v) is 5.55. The van der Waals surface area contributed by atoms with Crippen molar-refractivity contribution >= 4 is 33.0 Å². The highest BCUT2D eigenvalue weighted by Gasteiger charge is 2.01. The van der Waals surface area contributed by atoms with Crippen molar-refractivity contribution in [3.63, 3.8) is 0 Å². The van der Waals surface area contributed by atoms with E-state index in [9.17, 15) is 0 Å². The van der Waals surface area contributed by atoms with Gasteiger partial charge in [-0.15, -0.1) is 0 Å². The molecule has 0 atom stereocenters. The highest BCUT2D eigenvalue weighted by atomic mass is 79.9. The average molecular weight is 271 g/mol. The number of nitrogens with zero attached hydrogens (tertiary/aromatic N) is 1. The predicted molar refractivity (Wildman–Crippen MR) is 60.7 cm³/mol. The maximum atomic E-state index is 5.66. The van der Waals surface area contributed by atoms with E-state index >= 15 is 0 Å². The molecule has 0 amide bonds. The fraction of sp³-hybridized carbons (Fsp3) is 0. The summed E-state index contributed by atoms with van der Waals surface area (Å²) in [5.74, 6) is 0.687. The van der Waals surface area contributed by atoms with E-state index < -0.39 is 0 Å². The van der Waals surface area contributed by atoms with Crippen LogP contribution in [0.5, 0.6) is 10.9 Å². The van der Waals surface area contributed by atoms with Crippen molar-refractivity contribution in [2.45, 2.75) is 0 Å². The molecule has 0 fully saturated rings. The Kier molecular flexibility index (Phi) is 2.69. The van der Waals surface area contributed by atoms with Crippen molar-refractivity contribution < 1.29 is 4.74 Å². The fourth-order valence-corrected chi connectivity index (χ4v) is 2.00. The number of rotatable bonds is 2. The predicted octanol–water partition coefficient (Wildman–Crippen LogP) is 3.28. The Morgan fingerprint density at radius 1 is 1.36 bits per heavy atom. The second-order valence-electron chi connectivity index (χ2n) is 2.62. The van der Waals surface area contributed by atoms with E-state index in [2.05, 4.69) is 20.9 Å². The molecule has 2 aromatic rings. The number of benzene rings is 1. The summed E-state index contributed by atoms with van der Waals surface area (Å²) in [4.78, 5) is 4.01. The molecule has 0 saturated carbocycles. The number of thiazole rings is 1. The van der Waals surface area contributed by atoms with Gasteiger partial charge in [0, 0.05) is 27.8 Å². The Morgan fingerprint density at radius 3 is 2.86 bits per heavy atom. The van der Waals surface area contributed by atoms with Crippen molar-refractivity contribution in [1.82, 2.24) is 4.98 Å². The quantitative estimate of drug-likeness (QED) is 0.853. The molecule has 5 heteroatoms. The van der Waals surface area contributed by atoms with Gasteiger partial charge in [-0.05, 0) is 12.1 Å². The normalized spacial score (nSPS) is 10.1. The molecule has 0 bridgehead atoms. The minimum atomic E-state index is 0.613. The van der Waals surface area contributed by atoms with Crippen LogP contribution in [0, 0.1) is 0 Å². The van der Waals surface area contributed by atoms with E-state index in [0.717, 1.165) is 4.47 Å². The second kappa shape index (κ2) is 3.98. The third kappa shape index (κ3) is 2.24. The van der Waals surface area contributed by atoms with Gasteiger partial charge in [0.2, 0.25) is 0 Å². The van der Waals surface area contributed by atoms with E-state index in [-0.39, 0.29) is 0 Å². The van der Waals surface area contributed by atoms with E-state index in [0.29, 0.717) is 16.6 Å². The Morgan fingerprint density at radius 2 is 2.21 bits per heavy atom. The van der Waals surface area contributed by atoms with Gasteiger partial charge >= 0.3 is 0 Å². The Balaban J connectivity index is 2.25. The van der Waals surface area contributed by atoms with Crippen LogP contribution >= 0.6 is 27.3 Å². The number of ether oxygens (including phenoxy) is 1. The largest absolute Gasteiger partial charge is 0.431 e. The highest BCUT2D eigenvalue weighted by Crippen LogP contribution is 2.28. The van der Waals surface area contributed by atoms with Crippen molar-refractivity contribution in [2.24, 2.45) is 0 Å². The summed E-state index contributed by atoms with van der Waals surface area (Å²) in [6.07, 6.45) is 1.70. The molecule has 1 aromatic heterocycles. The van der Waals surface area contributed by atoms with Crippen LogP contribution in [0.2, 0.25) is 0 Å². The van der Waals surface area contributed by atoms with Crippen LogP contribution in [0.15, 0.2) is 34.2 Å². The number of nitrogens with two attached hydrogens (primary N) is 1. The van der Waals surface area contributed by atoms with Crippen LogP contribution in [0.25, 0.3) is 0 Å². The fourth-order valence-electron chi connectivity index (χ4n) is 1.00. The summed E-state index contributed by atoms with van der Waals surface area (Å²) in [5.41, 5.74) is 6.32. The zero-order valence-corrected chi connectivity index (χ0v) is 9.51. The molecule has 0 aliphatic carbocycles. The molecule has 0 unspecified atom stereocenters. The minimum Gasteiger partial charge on any atom is -0.431 e. The lowest BCUT2D eigenvalue weighted by Crippen LogP contribution is -1.87. The molecule has 1 heterocycles. The summed E-state index contributed by atoms with van der Waals surface area (Å²) in [6.45, 7) is 0. The zero-order chi connectivity index (χ0) is 9.97. The number of hydrogen-bond donors (Lipinski definition) is 1. The van der Waals surface area contributed by atoms with Crippen molar-refractivity contribution in [3.05, 3.63) is 34.2 Å². The van der Waals surface area contributed by atoms with Crippen LogP contribution in [0.1, 0.15) is 0 Å². The smallest absolute Gasteiger partial charge is 0.278 e. The lowest BCUT2D eigenvalue weighted by molar-refractivity contribution is 0.479. The first-order valence-electron chi connectivity index (χ1n) is 3.87. The Bertz CT molecular complexity index is 410. The summed E-state index contributed by atoms with van der Waals surface area (Å²) >= 11 is 4.78. The van der Waals surface area contributed by atoms with Gasteiger partial charge < -0.3 is 10.5 Å². The number of halogens is 1. The van der Waals surface area contributed by atoms with Crippen molar-refractivity contribution in [3.8, 4) is 10.9 Å². The summed E-state index contributed by atoms with van der Waals surface area (Å²) < 4.78 is 6.37. The molecule has 0 aliphatic rings. The Labute approximate surface area is 93.7 Å². The van der Waals surface area contributed by atoms with Crippen LogP contribution in [0.3, 0.4) is 0 Å². The van der Waals surface area contributed by atoms with Crippen LogP contribution < -0.4 is 10.5 Å². The molecule has 0 radical (unpaired) electrons. The molecule has 3 nitrogen and oxygen atoms in total. The Hall–Kier alpha value is -1.07. The van der Waals surface area contributed by atoms with Gasteiger partial charge in [0.05, 0.1) is 0 Å². The van der Waals surface area contributed by atoms with Gasteiger partial charge in [-0.2, -0.15) is 0 Å². The van der Waals surface area contributed by atoms with Crippen LogP contribution in [-0.2, 0) is 0 Å². The molecular weight excluding hydrogens is 264 g/mol. The van der Waals surface area contributed by atoms with Gasteiger partial charge in [-0.3, -0.25) is 0 Å². The zero-order valence-electron chi connectivity index (χ0n) is 7.11. The first-order chi connectivity index (χ1) is 6.74. The molecular formula is C9H7BrN2OS.